The molecule has 0 aliphatic rings. The highest BCUT2D eigenvalue weighted by atomic mass is 32.2. The molecule has 122 valence electrons. The van der Waals surface area contributed by atoms with Crippen LogP contribution < -0.4 is 4.72 Å². The van der Waals surface area contributed by atoms with Gasteiger partial charge in [0.15, 0.2) is 0 Å². The molecule has 2 aromatic carbocycles. The maximum absolute atomic E-state index is 12.3. The summed E-state index contributed by atoms with van der Waals surface area (Å²) in [4.78, 5) is 9.99. The van der Waals surface area contributed by atoms with Crippen LogP contribution in [-0.4, -0.2) is 13.3 Å². The lowest BCUT2D eigenvalue weighted by Gasteiger charge is -2.19. The highest BCUT2D eigenvalue weighted by Crippen LogP contribution is 2.25. The van der Waals surface area contributed by atoms with Gasteiger partial charge in [-0.05, 0) is 29.2 Å². The third kappa shape index (κ3) is 4.07. The van der Waals surface area contributed by atoms with Crippen LogP contribution in [0.25, 0.3) is 0 Å². The smallest absolute Gasteiger partial charge is 0.270 e. The van der Waals surface area contributed by atoms with Crippen molar-refractivity contribution in [3.63, 3.8) is 0 Å². The van der Waals surface area contributed by atoms with Gasteiger partial charge in [0.25, 0.3) is 15.7 Å². The van der Waals surface area contributed by atoms with Crippen LogP contribution in [0.3, 0.4) is 0 Å². The van der Waals surface area contributed by atoms with Crippen LogP contribution in [0, 0.1) is 10.1 Å². The van der Waals surface area contributed by atoms with Gasteiger partial charge >= 0.3 is 0 Å². The summed E-state index contributed by atoms with van der Waals surface area (Å²) in [5, 5.41) is 10.8. The maximum atomic E-state index is 12.3. The lowest BCUT2D eigenvalue weighted by Crippen LogP contribution is -2.14. The van der Waals surface area contributed by atoms with Crippen molar-refractivity contribution in [2.45, 2.75) is 31.1 Å². The third-order valence-corrected chi connectivity index (χ3v) is 4.72. The summed E-state index contributed by atoms with van der Waals surface area (Å²) < 4.78 is 27.1. The molecule has 6 nitrogen and oxygen atoms in total. The van der Waals surface area contributed by atoms with Crippen molar-refractivity contribution in [1.82, 2.24) is 0 Å². The van der Waals surface area contributed by atoms with E-state index in [1.807, 2.05) is 12.1 Å². The first-order valence-corrected chi connectivity index (χ1v) is 8.46. The Morgan fingerprint density at radius 2 is 1.65 bits per heavy atom. The highest BCUT2D eigenvalue weighted by molar-refractivity contribution is 7.92. The second-order valence-electron chi connectivity index (χ2n) is 6.19. The van der Waals surface area contributed by atoms with Crippen molar-refractivity contribution in [2.75, 3.05) is 4.72 Å². The molecule has 0 aromatic heterocycles. The van der Waals surface area contributed by atoms with Crippen LogP contribution in [-0.2, 0) is 15.4 Å². The first kappa shape index (κ1) is 17.0. The van der Waals surface area contributed by atoms with Crippen LogP contribution in [0.1, 0.15) is 26.3 Å². The van der Waals surface area contributed by atoms with E-state index in [9.17, 15) is 18.5 Å². The molecule has 0 bridgehead atoms. The predicted octanol–water partition coefficient (Wildman–Crippen LogP) is 3.69. The minimum Gasteiger partial charge on any atom is -0.280 e. The number of nitro benzene ring substituents is 1. The number of anilines is 1. The van der Waals surface area contributed by atoms with Gasteiger partial charge in [-0.1, -0.05) is 39.0 Å². The van der Waals surface area contributed by atoms with Crippen molar-refractivity contribution < 1.29 is 13.3 Å². The Morgan fingerprint density at radius 1 is 1.04 bits per heavy atom. The van der Waals surface area contributed by atoms with Gasteiger partial charge in [0.1, 0.15) is 0 Å². The molecule has 0 spiro atoms. The molecule has 2 rings (SSSR count). The summed E-state index contributed by atoms with van der Waals surface area (Å²) in [6.07, 6.45) is 0. The molecule has 0 radical (unpaired) electrons. The molecule has 2 aromatic rings. The second-order valence-corrected chi connectivity index (χ2v) is 7.87. The van der Waals surface area contributed by atoms with Crippen molar-refractivity contribution in [1.29, 1.82) is 0 Å². The summed E-state index contributed by atoms with van der Waals surface area (Å²) in [6, 6.07) is 12.0. The molecule has 0 aliphatic heterocycles. The lowest BCUT2D eigenvalue weighted by molar-refractivity contribution is -0.385. The van der Waals surface area contributed by atoms with Crippen molar-refractivity contribution >= 4 is 21.4 Å². The molecule has 0 fully saturated rings. The summed E-state index contributed by atoms with van der Waals surface area (Å²) in [5.74, 6) is 0. The summed E-state index contributed by atoms with van der Waals surface area (Å²) in [7, 11) is -3.87. The fraction of sp³-hybridized carbons (Fsp3) is 0.250. The largest absolute Gasteiger partial charge is 0.280 e. The van der Waals surface area contributed by atoms with Gasteiger partial charge in [0, 0.05) is 17.8 Å². The highest BCUT2D eigenvalue weighted by Gasteiger charge is 2.18. The molecule has 0 aliphatic carbocycles. The number of non-ortho nitro benzene ring substituents is 1. The number of benzene rings is 2. The molecule has 0 saturated heterocycles. The van der Waals surface area contributed by atoms with Crippen LogP contribution in [0.4, 0.5) is 11.4 Å². The zero-order valence-electron chi connectivity index (χ0n) is 13.1. The first-order valence-electron chi connectivity index (χ1n) is 6.97. The maximum Gasteiger partial charge on any atom is 0.270 e. The van der Waals surface area contributed by atoms with Crippen molar-refractivity contribution in [2.24, 2.45) is 0 Å². The zero-order valence-corrected chi connectivity index (χ0v) is 13.9. The third-order valence-electron chi connectivity index (χ3n) is 3.34. The van der Waals surface area contributed by atoms with Gasteiger partial charge in [0.05, 0.1) is 9.82 Å². The number of nitrogens with one attached hydrogen (secondary N) is 1. The Balaban J connectivity index is 2.28. The van der Waals surface area contributed by atoms with E-state index in [0.29, 0.717) is 5.69 Å². The lowest BCUT2D eigenvalue weighted by atomic mass is 9.87. The van der Waals surface area contributed by atoms with Crippen LogP contribution >= 0.6 is 0 Å². The number of nitrogens with zero attached hydrogens (tertiary/aromatic N) is 1. The van der Waals surface area contributed by atoms with Crippen LogP contribution in [0.2, 0.25) is 0 Å². The molecule has 0 saturated carbocycles. The summed E-state index contributed by atoms with van der Waals surface area (Å²) >= 11 is 0. The molecular formula is C16H18N2O4S. The quantitative estimate of drug-likeness (QED) is 0.682. The number of hydrogen-bond donors (Lipinski definition) is 1. The van der Waals surface area contributed by atoms with Crippen molar-refractivity contribution in [3.05, 3.63) is 64.2 Å². The van der Waals surface area contributed by atoms with Gasteiger partial charge in [-0.15, -0.1) is 0 Å². The Morgan fingerprint density at radius 3 is 2.17 bits per heavy atom. The van der Waals surface area contributed by atoms with E-state index >= 15 is 0 Å². The molecule has 0 amide bonds. The average Bonchev–Trinajstić information content (AvgIpc) is 2.46. The van der Waals surface area contributed by atoms with Crippen LogP contribution in [0.5, 0.6) is 0 Å². The minimum atomic E-state index is -3.87. The van der Waals surface area contributed by atoms with Crippen molar-refractivity contribution in [3.8, 4) is 0 Å². The van der Waals surface area contributed by atoms with E-state index in [1.54, 1.807) is 12.1 Å². The fourth-order valence-corrected chi connectivity index (χ4v) is 3.11. The van der Waals surface area contributed by atoms with E-state index in [2.05, 4.69) is 25.5 Å². The van der Waals surface area contributed by atoms with E-state index in [-0.39, 0.29) is 16.0 Å². The number of nitro groups is 1. The first-order chi connectivity index (χ1) is 10.6. The molecule has 23 heavy (non-hydrogen) atoms. The molecule has 0 unspecified atom stereocenters. The minimum absolute atomic E-state index is 0.0303. The molecule has 0 heterocycles. The predicted molar refractivity (Wildman–Crippen MR) is 89.0 cm³/mol. The average molecular weight is 334 g/mol. The van der Waals surface area contributed by atoms with E-state index < -0.39 is 14.9 Å². The Bertz CT molecular complexity index is 822. The standard InChI is InChI=1S/C16H18N2O4S/c1-16(2,3)12-7-9-13(10-8-12)17-23(21,22)15-6-4-5-14(11-15)18(19)20/h4-11,17H,1-3H3. The number of rotatable bonds is 4. The molecular weight excluding hydrogens is 316 g/mol. The number of hydrogen-bond acceptors (Lipinski definition) is 4. The van der Waals surface area contributed by atoms with E-state index in [0.717, 1.165) is 11.6 Å². The Kier molecular flexibility index (Phi) is 4.42. The van der Waals surface area contributed by atoms with Gasteiger partial charge in [-0.2, -0.15) is 0 Å². The van der Waals surface area contributed by atoms with E-state index in [4.69, 9.17) is 0 Å². The SMILES string of the molecule is CC(C)(C)c1ccc(NS(=O)(=O)c2cccc([N+](=O)[O-])c2)cc1. The molecule has 7 heteroatoms. The number of sulfonamides is 1. The van der Waals surface area contributed by atoms with E-state index in [1.165, 1.54) is 18.2 Å². The summed E-state index contributed by atoms with van der Waals surface area (Å²) in [6.45, 7) is 6.19. The fourth-order valence-electron chi connectivity index (χ4n) is 2.02. The van der Waals surface area contributed by atoms with Gasteiger partial charge in [-0.25, -0.2) is 8.42 Å². The normalized spacial score (nSPS) is 12.0. The van der Waals surface area contributed by atoms with Crippen LogP contribution in [0.15, 0.2) is 53.4 Å². The monoisotopic (exact) mass is 334 g/mol. The topological polar surface area (TPSA) is 89.3 Å². The van der Waals surface area contributed by atoms with Gasteiger partial charge in [-0.3, -0.25) is 14.8 Å². The molecule has 1 N–H and O–H groups in total. The second kappa shape index (κ2) is 6.00. The Labute approximate surface area is 135 Å². The Hall–Kier alpha value is -2.41. The summed E-state index contributed by atoms with van der Waals surface area (Å²) in [5.41, 5.74) is 1.19. The molecule has 0 atom stereocenters. The zero-order chi connectivity index (χ0) is 17.3. The van der Waals surface area contributed by atoms with Gasteiger partial charge < -0.3 is 0 Å². The van der Waals surface area contributed by atoms with Gasteiger partial charge in [0.2, 0.25) is 0 Å².